The summed E-state index contributed by atoms with van der Waals surface area (Å²) in [5.74, 6) is -0.170. The lowest BCUT2D eigenvalue weighted by Crippen LogP contribution is -2.65. The van der Waals surface area contributed by atoms with Crippen LogP contribution in [-0.2, 0) is 18.4 Å². The maximum absolute atomic E-state index is 13.2. The van der Waals surface area contributed by atoms with Crippen LogP contribution in [-0.4, -0.2) is 35.2 Å². The second-order valence-corrected chi connectivity index (χ2v) is 8.71. The zero-order chi connectivity index (χ0) is 17.3. The summed E-state index contributed by atoms with van der Waals surface area (Å²) in [7, 11) is -3.50. The van der Waals surface area contributed by atoms with E-state index in [-0.39, 0.29) is 30.7 Å². The maximum atomic E-state index is 13.2. The van der Waals surface area contributed by atoms with Crippen LogP contribution in [0.5, 0.6) is 0 Å². The Bertz CT molecular complexity index is 586. The van der Waals surface area contributed by atoms with Crippen LogP contribution in [0.15, 0.2) is 30.3 Å². The van der Waals surface area contributed by atoms with Crippen molar-refractivity contribution in [3.8, 4) is 0 Å². The average Bonchev–Trinajstić information content (AvgIpc) is 2.44. The highest BCUT2D eigenvalue weighted by atomic mass is 31.2. The fourth-order valence-corrected chi connectivity index (χ4v) is 5.23. The topological polar surface area (TPSA) is 55.8 Å². The number of hydrogen-bond acceptors (Lipinski definition) is 4. The number of benzene rings is 1. The molecule has 0 N–H and O–H groups in total. The molecular weight excluding hydrogens is 313 g/mol. The van der Waals surface area contributed by atoms with E-state index < -0.39 is 13.3 Å². The minimum absolute atomic E-state index is 0.170. The first-order valence-corrected chi connectivity index (χ1v) is 9.64. The van der Waals surface area contributed by atoms with Crippen molar-refractivity contribution in [1.82, 2.24) is 4.90 Å². The van der Waals surface area contributed by atoms with Crippen LogP contribution in [0.25, 0.3) is 0 Å². The van der Waals surface area contributed by atoms with Crippen molar-refractivity contribution in [2.75, 3.05) is 13.2 Å². The van der Waals surface area contributed by atoms with Gasteiger partial charge in [-0.05, 0) is 40.2 Å². The molecule has 128 valence electrons. The molecule has 6 heteroatoms. The fraction of sp³-hybridized carbons (Fsp3) is 0.588. The molecule has 1 aromatic rings. The highest BCUT2D eigenvalue weighted by molar-refractivity contribution is 7.56. The van der Waals surface area contributed by atoms with Crippen molar-refractivity contribution in [1.29, 1.82) is 0 Å². The van der Waals surface area contributed by atoms with E-state index in [0.29, 0.717) is 0 Å². The van der Waals surface area contributed by atoms with Gasteiger partial charge in [-0.1, -0.05) is 30.3 Å². The van der Waals surface area contributed by atoms with Crippen molar-refractivity contribution >= 4 is 13.5 Å². The molecule has 0 bridgehead atoms. The largest absolute Gasteiger partial charge is 0.345 e. The van der Waals surface area contributed by atoms with Gasteiger partial charge in [0.1, 0.15) is 0 Å². The summed E-state index contributed by atoms with van der Waals surface area (Å²) < 4.78 is 24.1. The Hall–Kier alpha value is -1.16. The van der Waals surface area contributed by atoms with Crippen molar-refractivity contribution in [3.63, 3.8) is 0 Å². The van der Waals surface area contributed by atoms with E-state index in [9.17, 15) is 9.36 Å². The number of carbonyl (C=O) groups is 1. The van der Waals surface area contributed by atoms with E-state index in [0.717, 1.165) is 5.56 Å². The summed E-state index contributed by atoms with van der Waals surface area (Å²) in [5, 5.41) is 0. The maximum Gasteiger partial charge on any atom is 0.345 e. The van der Waals surface area contributed by atoms with E-state index in [1.165, 1.54) is 0 Å². The Kier molecular flexibility index (Phi) is 5.34. The van der Waals surface area contributed by atoms with E-state index in [2.05, 4.69) is 0 Å². The number of hydrogen-bond donors (Lipinski definition) is 0. The molecule has 1 aromatic carbocycles. The number of nitrogens with zero attached hydrogens (tertiary/aromatic N) is 1. The first kappa shape index (κ1) is 18.2. The lowest BCUT2D eigenvalue weighted by Gasteiger charge is -2.54. The fourth-order valence-electron chi connectivity index (χ4n) is 3.07. The average molecular weight is 339 g/mol. The molecular formula is C17H26NO4P. The van der Waals surface area contributed by atoms with Crippen molar-refractivity contribution < 1.29 is 18.4 Å². The molecule has 1 aliphatic rings. The third-order valence-electron chi connectivity index (χ3n) is 3.89. The molecule has 23 heavy (non-hydrogen) atoms. The molecule has 2 rings (SSSR count). The summed E-state index contributed by atoms with van der Waals surface area (Å²) in [4.78, 5) is 14.6. The molecule has 1 fully saturated rings. The summed E-state index contributed by atoms with van der Waals surface area (Å²) >= 11 is 0. The normalized spacial score (nSPS) is 22.1. The smallest absolute Gasteiger partial charge is 0.328 e. The highest BCUT2D eigenvalue weighted by Crippen LogP contribution is 2.63. The molecule has 2 atom stereocenters. The summed E-state index contributed by atoms with van der Waals surface area (Å²) in [5.41, 5.74) is -0.187. The quantitative estimate of drug-likeness (QED) is 0.580. The molecule has 0 radical (unpaired) electrons. The predicted molar refractivity (Wildman–Crippen MR) is 90.4 cm³/mol. The van der Waals surface area contributed by atoms with E-state index in [1.54, 1.807) is 18.7 Å². The molecule has 1 amide bonds. The van der Waals surface area contributed by atoms with Crippen molar-refractivity contribution in [2.45, 2.75) is 51.9 Å². The lowest BCUT2D eigenvalue weighted by molar-refractivity contribution is -0.154. The monoisotopic (exact) mass is 339 g/mol. The van der Waals surface area contributed by atoms with E-state index in [1.807, 2.05) is 51.1 Å². The predicted octanol–water partition coefficient (Wildman–Crippen LogP) is 4.00. The van der Waals surface area contributed by atoms with Gasteiger partial charge in [-0.2, -0.15) is 0 Å². The molecule has 0 aliphatic carbocycles. The first-order chi connectivity index (χ1) is 10.8. The Morgan fingerprint density at radius 3 is 2.04 bits per heavy atom. The number of carbonyl (C=O) groups excluding carboxylic acids is 1. The second-order valence-electron chi connectivity index (χ2n) is 6.55. The molecule has 0 aromatic heterocycles. The Morgan fingerprint density at radius 1 is 1.09 bits per heavy atom. The summed E-state index contributed by atoms with van der Waals surface area (Å²) in [6.07, 6.45) is 0. The molecule has 1 heterocycles. The molecule has 0 saturated carbocycles. The Balaban J connectivity index is 2.45. The third-order valence-corrected chi connectivity index (χ3v) is 6.31. The van der Waals surface area contributed by atoms with Gasteiger partial charge in [0.2, 0.25) is 5.91 Å². The summed E-state index contributed by atoms with van der Waals surface area (Å²) in [6, 6.07) is 9.36. The van der Waals surface area contributed by atoms with Gasteiger partial charge in [0.25, 0.3) is 0 Å². The van der Waals surface area contributed by atoms with Gasteiger partial charge in [0.05, 0.1) is 19.3 Å². The van der Waals surface area contributed by atoms with Crippen molar-refractivity contribution in [3.05, 3.63) is 35.9 Å². The van der Waals surface area contributed by atoms with Crippen LogP contribution in [0.1, 0.15) is 46.2 Å². The molecule has 1 aliphatic heterocycles. The van der Waals surface area contributed by atoms with Gasteiger partial charge in [0.15, 0.2) is 5.66 Å². The molecule has 1 saturated heterocycles. The van der Waals surface area contributed by atoms with Gasteiger partial charge >= 0.3 is 7.60 Å². The lowest BCUT2D eigenvalue weighted by atomic mass is 9.87. The van der Waals surface area contributed by atoms with Crippen LogP contribution < -0.4 is 0 Å². The second kappa shape index (κ2) is 6.76. The van der Waals surface area contributed by atoms with Gasteiger partial charge in [-0.15, -0.1) is 0 Å². The van der Waals surface area contributed by atoms with Gasteiger partial charge in [0, 0.05) is 5.54 Å². The molecule has 0 unspecified atom stereocenters. The Morgan fingerprint density at radius 2 is 1.61 bits per heavy atom. The van der Waals surface area contributed by atoms with Gasteiger partial charge in [-0.3, -0.25) is 9.36 Å². The van der Waals surface area contributed by atoms with Crippen LogP contribution in [0, 0.1) is 0 Å². The SMILES string of the molecule is CCOP(=O)(OCC)[C@H]1C(=O)N(C(C)(C)C)[C@@H]1c1ccccc1. The number of rotatable bonds is 6. The van der Waals surface area contributed by atoms with Gasteiger partial charge < -0.3 is 13.9 Å². The Labute approximate surface area is 138 Å². The standard InChI is InChI=1S/C17H26NO4P/c1-6-21-23(20,22-7-2)15-14(13-11-9-8-10-12-13)18(16(15)19)17(3,4)5/h8-12,14-15H,6-7H2,1-5H3/t14-,15-/m1/s1. The zero-order valence-electron chi connectivity index (χ0n) is 14.5. The number of amides is 1. The van der Waals surface area contributed by atoms with Crippen LogP contribution in [0.3, 0.4) is 0 Å². The highest BCUT2D eigenvalue weighted by Gasteiger charge is 2.61. The van der Waals surface area contributed by atoms with Crippen molar-refractivity contribution in [2.24, 2.45) is 0 Å². The number of β-lactam (4-membered cyclic amide) rings is 1. The molecule has 0 spiro atoms. The molecule has 5 nitrogen and oxygen atoms in total. The van der Waals surface area contributed by atoms with Crippen LogP contribution in [0.4, 0.5) is 0 Å². The van der Waals surface area contributed by atoms with E-state index >= 15 is 0 Å². The minimum atomic E-state index is -3.50. The first-order valence-electron chi connectivity index (χ1n) is 8.03. The van der Waals surface area contributed by atoms with E-state index in [4.69, 9.17) is 9.05 Å². The van der Waals surface area contributed by atoms with Gasteiger partial charge in [-0.25, -0.2) is 0 Å². The zero-order valence-corrected chi connectivity index (χ0v) is 15.4. The number of likely N-dealkylation sites (tertiary alicyclic amines) is 1. The van der Waals surface area contributed by atoms with Crippen LogP contribution in [0.2, 0.25) is 0 Å². The third kappa shape index (κ3) is 3.37. The minimum Gasteiger partial charge on any atom is -0.328 e. The summed E-state index contributed by atoms with van der Waals surface area (Å²) in [6.45, 7) is 9.94. The van der Waals surface area contributed by atoms with Crippen LogP contribution >= 0.6 is 7.60 Å².